The van der Waals surface area contributed by atoms with E-state index >= 15 is 0 Å². The Morgan fingerprint density at radius 3 is 2.07 bits per heavy atom. The van der Waals surface area contributed by atoms with Crippen molar-refractivity contribution in [3.63, 3.8) is 0 Å². The summed E-state index contributed by atoms with van der Waals surface area (Å²) in [4.78, 5) is 10.5. The molecule has 1 N–H and O–H groups in total. The molecule has 15 heavy (non-hydrogen) atoms. The van der Waals surface area contributed by atoms with Gasteiger partial charge in [-0.2, -0.15) is 0 Å². The first-order valence-corrected chi connectivity index (χ1v) is 6.50. The van der Waals surface area contributed by atoms with Crippen LogP contribution in [0.2, 0.25) is 6.04 Å². The molecule has 6 heteroatoms. The molecule has 0 aromatic heterocycles. The van der Waals surface area contributed by atoms with Crippen molar-refractivity contribution in [3.8, 4) is 0 Å². The summed E-state index contributed by atoms with van der Waals surface area (Å²) in [6, 6.07) is 0.571. The van der Waals surface area contributed by atoms with E-state index < -0.39 is 14.8 Å². The Balaban J connectivity index is 4.23. The molecule has 0 atom stereocenters. The molecule has 0 fully saturated rings. The molecule has 0 spiro atoms. The van der Waals surface area contributed by atoms with Gasteiger partial charge in [0.15, 0.2) is 0 Å². The summed E-state index contributed by atoms with van der Waals surface area (Å²) in [6.45, 7) is 1.55. The molecule has 0 aliphatic carbocycles. The molecule has 0 aliphatic heterocycles. The van der Waals surface area contributed by atoms with E-state index in [1.807, 2.05) is 0 Å². The van der Waals surface area contributed by atoms with Crippen LogP contribution in [-0.4, -0.2) is 41.2 Å². The number of hydrogen-bond acceptors (Lipinski definition) is 4. The van der Waals surface area contributed by atoms with Gasteiger partial charge >= 0.3 is 14.8 Å². The summed E-state index contributed by atoms with van der Waals surface area (Å²) in [7, 11) is 2.05. The summed E-state index contributed by atoms with van der Waals surface area (Å²) in [5, 5.41) is 8.63. The molecule has 0 aliphatic rings. The Kier molecular flexibility index (Phi) is 6.42. The van der Waals surface area contributed by atoms with Gasteiger partial charge in [0.2, 0.25) is 0 Å². The molecule has 5 nitrogen and oxygen atoms in total. The van der Waals surface area contributed by atoms with Crippen LogP contribution >= 0.6 is 0 Å². The fraction of sp³-hybridized carbons (Fsp3) is 0.667. The fourth-order valence-corrected chi connectivity index (χ4v) is 2.72. The van der Waals surface area contributed by atoms with Crippen LogP contribution in [0.3, 0.4) is 0 Å². The number of carbonyl (C=O) groups is 1. The van der Waals surface area contributed by atoms with E-state index in [4.69, 9.17) is 18.4 Å². The molecule has 0 heterocycles. The SMILES string of the molecule is CO[Si](CC/C=C(\C)C(=O)O)(OC)OC. The predicted molar refractivity (Wildman–Crippen MR) is 57.6 cm³/mol. The first-order chi connectivity index (χ1) is 7.01. The summed E-state index contributed by atoms with van der Waals surface area (Å²) >= 11 is 0. The van der Waals surface area contributed by atoms with E-state index in [-0.39, 0.29) is 0 Å². The third-order valence-electron chi connectivity index (χ3n) is 2.17. The number of carboxylic acids is 1. The van der Waals surface area contributed by atoms with Gasteiger partial charge in [0, 0.05) is 32.9 Å². The first kappa shape index (κ1) is 14.3. The Hall–Kier alpha value is -0.693. The zero-order chi connectivity index (χ0) is 11.9. The highest BCUT2D eigenvalue weighted by atomic mass is 28.4. The molecule has 0 radical (unpaired) electrons. The predicted octanol–water partition coefficient (Wildman–Crippen LogP) is 1.29. The minimum Gasteiger partial charge on any atom is -0.478 e. The number of aliphatic carboxylic acids is 1. The van der Waals surface area contributed by atoms with Crippen molar-refractivity contribution in [3.05, 3.63) is 11.6 Å². The van der Waals surface area contributed by atoms with Crippen molar-refractivity contribution >= 4 is 14.8 Å². The highest BCUT2D eigenvalue weighted by Crippen LogP contribution is 2.15. The van der Waals surface area contributed by atoms with Crippen LogP contribution in [0.5, 0.6) is 0 Å². The summed E-state index contributed by atoms with van der Waals surface area (Å²) in [5.41, 5.74) is 0.321. The number of rotatable bonds is 7. The van der Waals surface area contributed by atoms with Gasteiger partial charge in [-0.25, -0.2) is 4.79 Å². The fourth-order valence-electron chi connectivity index (χ4n) is 1.11. The van der Waals surface area contributed by atoms with Crippen molar-refractivity contribution in [1.82, 2.24) is 0 Å². The smallest absolute Gasteiger partial charge is 0.478 e. The van der Waals surface area contributed by atoms with Gasteiger partial charge in [-0.3, -0.25) is 0 Å². The molecule has 88 valence electrons. The Labute approximate surface area is 91.0 Å². The molecule has 0 saturated heterocycles. The van der Waals surface area contributed by atoms with Gasteiger partial charge in [0.25, 0.3) is 0 Å². The largest absolute Gasteiger partial charge is 0.500 e. The Morgan fingerprint density at radius 2 is 1.73 bits per heavy atom. The Bertz CT molecular complexity index is 226. The topological polar surface area (TPSA) is 65.0 Å². The maximum Gasteiger partial charge on any atom is 0.500 e. The Morgan fingerprint density at radius 1 is 1.27 bits per heavy atom. The summed E-state index contributed by atoms with van der Waals surface area (Å²) < 4.78 is 15.6. The van der Waals surface area contributed by atoms with Gasteiger partial charge < -0.3 is 18.4 Å². The molecular weight excluding hydrogens is 216 g/mol. The van der Waals surface area contributed by atoms with Crippen molar-refractivity contribution in [2.75, 3.05) is 21.3 Å². The van der Waals surface area contributed by atoms with Crippen LogP contribution in [0, 0.1) is 0 Å². The van der Waals surface area contributed by atoms with Crippen LogP contribution in [0.15, 0.2) is 11.6 Å². The molecule has 0 unspecified atom stereocenters. The monoisotopic (exact) mass is 234 g/mol. The molecular formula is C9H18O5Si. The normalized spacial score (nSPS) is 12.9. The quantitative estimate of drug-likeness (QED) is 0.531. The average molecular weight is 234 g/mol. The zero-order valence-electron chi connectivity index (χ0n) is 9.57. The van der Waals surface area contributed by atoms with Crippen molar-refractivity contribution in [2.45, 2.75) is 19.4 Å². The molecule has 0 bridgehead atoms. The standard InChI is InChI=1S/C9H18O5Si/c1-8(9(10)11)6-5-7-15(12-2,13-3)14-4/h6H,5,7H2,1-4H3,(H,10,11)/b8-6+. The molecule has 0 rings (SSSR count). The highest BCUT2D eigenvalue weighted by Gasteiger charge is 2.36. The maximum atomic E-state index is 10.5. The lowest BCUT2D eigenvalue weighted by molar-refractivity contribution is -0.132. The van der Waals surface area contributed by atoms with E-state index in [2.05, 4.69) is 0 Å². The van der Waals surface area contributed by atoms with Crippen LogP contribution < -0.4 is 0 Å². The van der Waals surface area contributed by atoms with Gasteiger partial charge in [0.1, 0.15) is 0 Å². The maximum absolute atomic E-state index is 10.5. The van der Waals surface area contributed by atoms with Crippen LogP contribution in [0.25, 0.3) is 0 Å². The number of allylic oxidation sites excluding steroid dienone is 1. The second kappa shape index (κ2) is 6.73. The molecule has 0 aromatic carbocycles. The van der Waals surface area contributed by atoms with E-state index in [0.29, 0.717) is 18.0 Å². The second-order valence-electron chi connectivity index (χ2n) is 3.03. The van der Waals surface area contributed by atoms with E-state index in [0.717, 1.165) is 0 Å². The van der Waals surface area contributed by atoms with Gasteiger partial charge in [-0.05, 0) is 13.3 Å². The highest BCUT2D eigenvalue weighted by molar-refractivity contribution is 6.60. The van der Waals surface area contributed by atoms with Crippen molar-refractivity contribution < 1.29 is 23.2 Å². The van der Waals surface area contributed by atoms with Gasteiger partial charge in [-0.15, -0.1) is 0 Å². The van der Waals surface area contributed by atoms with Crippen molar-refractivity contribution in [2.24, 2.45) is 0 Å². The lowest BCUT2D eigenvalue weighted by atomic mass is 10.2. The molecule has 0 aromatic rings. The minimum atomic E-state index is -2.56. The number of hydrogen-bond donors (Lipinski definition) is 1. The molecule has 0 amide bonds. The van der Waals surface area contributed by atoms with E-state index in [1.54, 1.807) is 13.0 Å². The second-order valence-corrected chi connectivity index (χ2v) is 6.12. The van der Waals surface area contributed by atoms with E-state index in [1.165, 1.54) is 21.3 Å². The van der Waals surface area contributed by atoms with Crippen LogP contribution in [0.1, 0.15) is 13.3 Å². The van der Waals surface area contributed by atoms with Gasteiger partial charge in [-0.1, -0.05) is 6.08 Å². The summed E-state index contributed by atoms with van der Waals surface area (Å²) in [6.07, 6.45) is 2.21. The third kappa shape index (κ3) is 4.56. The first-order valence-electron chi connectivity index (χ1n) is 4.57. The average Bonchev–Trinajstić information content (AvgIpc) is 2.24. The van der Waals surface area contributed by atoms with Crippen LogP contribution in [-0.2, 0) is 18.1 Å². The van der Waals surface area contributed by atoms with Gasteiger partial charge in [0.05, 0.1) is 0 Å². The van der Waals surface area contributed by atoms with Crippen LogP contribution in [0.4, 0.5) is 0 Å². The molecule has 0 saturated carbocycles. The zero-order valence-corrected chi connectivity index (χ0v) is 10.6. The van der Waals surface area contributed by atoms with Crippen molar-refractivity contribution in [1.29, 1.82) is 0 Å². The lowest BCUT2D eigenvalue weighted by Crippen LogP contribution is -2.42. The third-order valence-corrected chi connectivity index (χ3v) is 4.94. The lowest BCUT2D eigenvalue weighted by Gasteiger charge is -2.23. The number of carboxylic acid groups (broad SMARTS) is 1. The van der Waals surface area contributed by atoms with E-state index in [9.17, 15) is 4.79 Å². The minimum absolute atomic E-state index is 0.321. The summed E-state index contributed by atoms with van der Waals surface area (Å²) in [5.74, 6) is -0.908.